The quantitative estimate of drug-likeness (QED) is 0.418. The second kappa shape index (κ2) is 8.70. The fraction of sp³-hybridized carbons (Fsp3) is 0.160. The third kappa shape index (κ3) is 3.99. The first-order valence-corrected chi connectivity index (χ1v) is 11.9. The summed E-state index contributed by atoms with van der Waals surface area (Å²) in [5, 5.41) is 10.1. The van der Waals surface area contributed by atoms with Gasteiger partial charge in [-0.05, 0) is 66.4 Å². The number of halogens is 2. The zero-order chi connectivity index (χ0) is 23.9. The summed E-state index contributed by atoms with van der Waals surface area (Å²) < 4.78 is 15.2. The summed E-state index contributed by atoms with van der Waals surface area (Å²) in [6.07, 6.45) is 0. The Bertz CT molecular complexity index is 1350. The second-order valence-electron chi connectivity index (χ2n) is 8.25. The lowest BCUT2D eigenvalue weighted by Crippen LogP contribution is -2.64. The Morgan fingerprint density at radius 2 is 1.91 bits per heavy atom. The van der Waals surface area contributed by atoms with Gasteiger partial charge < -0.3 is 5.32 Å². The summed E-state index contributed by atoms with van der Waals surface area (Å²) in [6, 6.07) is 18.3. The highest BCUT2D eigenvalue weighted by Gasteiger charge is 2.48. The van der Waals surface area contributed by atoms with Crippen LogP contribution in [0.25, 0.3) is 10.6 Å². The van der Waals surface area contributed by atoms with Crippen molar-refractivity contribution >= 4 is 40.4 Å². The number of amides is 2. The fourth-order valence-electron chi connectivity index (χ4n) is 4.10. The molecule has 4 aromatic rings. The highest BCUT2D eigenvalue weighted by Crippen LogP contribution is 2.35. The number of carbonyl (C=O) groups excluding carboxylic acids is 2. The zero-order valence-electron chi connectivity index (χ0n) is 18.2. The molecule has 2 aromatic carbocycles. The van der Waals surface area contributed by atoms with Gasteiger partial charge in [0, 0.05) is 17.3 Å². The van der Waals surface area contributed by atoms with E-state index >= 15 is 0 Å². The lowest BCUT2D eigenvalue weighted by atomic mass is 9.94. The van der Waals surface area contributed by atoms with E-state index in [1.165, 1.54) is 40.5 Å². The molecule has 1 N–H and O–H groups in total. The Balaban J connectivity index is 1.52. The van der Waals surface area contributed by atoms with Gasteiger partial charge in [-0.1, -0.05) is 29.8 Å². The summed E-state index contributed by atoms with van der Waals surface area (Å²) >= 11 is 7.47. The van der Waals surface area contributed by atoms with Gasteiger partial charge in [-0.3, -0.25) is 19.2 Å². The average molecular weight is 495 g/mol. The lowest BCUT2D eigenvalue weighted by molar-refractivity contribution is -0.126. The average Bonchev–Trinajstić information content (AvgIpc) is 3.50. The molecule has 34 heavy (non-hydrogen) atoms. The summed E-state index contributed by atoms with van der Waals surface area (Å²) in [4.78, 5) is 29.6. The maximum atomic E-state index is 13.7. The Hall–Kier alpha value is -3.49. The Morgan fingerprint density at radius 3 is 2.59 bits per heavy atom. The minimum Gasteiger partial charge on any atom is -0.350 e. The van der Waals surface area contributed by atoms with E-state index in [-0.39, 0.29) is 24.9 Å². The molecule has 0 fully saturated rings. The largest absolute Gasteiger partial charge is 0.350 e. The van der Waals surface area contributed by atoms with Crippen LogP contribution in [0.15, 0.2) is 72.1 Å². The number of nitrogens with one attached hydrogen (secondary N) is 1. The molecule has 5 rings (SSSR count). The summed E-state index contributed by atoms with van der Waals surface area (Å²) in [6.45, 7) is 2.10. The van der Waals surface area contributed by atoms with E-state index in [0.717, 1.165) is 10.4 Å². The first-order valence-electron chi connectivity index (χ1n) is 10.6. The van der Waals surface area contributed by atoms with E-state index in [2.05, 4.69) is 10.4 Å². The van der Waals surface area contributed by atoms with Crippen molar-refractivity contribution in [3.05, 3.63) is 94.2 Å². The van der Waals surface area contributed by atoms with E-state index < -0.39 is 11.4 Å². The molecule has 3 heterocycles. The third-order valence-corrected chi connectivity index (χ3v) is 7.01. The molecule has 0 saturated heterocycles. The highest BCUT2D eigenvalue weighted by molar-refractivity contribution is 7.13. The molecule has 1 atom stereocenters. The van der Waals surface area contributed by atoms with Crippen LogP contribution < -0.4 is 10.2 Å². The van der Waals surface area contributed by atoms with Crippen LogP contribution in [0.4, 0.5) is 10.1 Å². The zero-order valence-corrected chi connectivity index (χ0v) is 19.7. The van der Waals surface area contributed by atoms with Crippen LogP contribution in [0.1, 0.15) is 23.0 Å². The number of fused-ring (bicyclic) bond motifs is 1. The van der Waals surface area contributed by atoms with E-state index in [1.807, 2.05) is 29.6 Å². The predicted octanol–water partition coefficient (Wildman–Crippen LogP) is 5.14. The summed E-state index contributed by atoms with van der Waals surface area (Å²) in [5.74, 6) is -1.15. The molecule has 1 aliphatic rings. The van der Waals surface area contributed by atoms with Crippen LogP contribution >= 0.6 is 22.9 Å². The van der Waals surface area contributed by atoms with Gasteiger partial charge in [0.05, 0.1) is 11.4 Å². The predicted molar refractivity (Wildman–Crippen MR) is 130 cm³/mol. The number of benzene rings is 2. The van der Waals surface area contributed by atoms with Crippen molar-refractivity contribution in [2.75, 3.05) is 4.90 Å². The van der Waals surface area contributed by atoms with Crippen LogP contribution in [0.2, 0.25) is 5.02 Å². The minimum atomic E-state index is -1.30. The highest BCUT2D eigenvalue weighted by atomic mass is 35.5. The van der Waals surface area contributed by atoms with Crippen molar-refractivity contribution in [1.82, 2.24) is 15.1 Å². The smallest absolute Gasteiger partial charge is 0.277 e. The molecular formula is C25H20ClFN4O2S. The fourth-order valence-corrected chi connectivity index (χ4v) is 4.90. The lowest BCUT2D eigenvalue weighted by Gasteiger charge is -2.43. The molecule has 2 amide bonds. The molecule has 0 saturated carbocycles. The topological polar surface area (TPSA) is 67.2 Å². The van der Waals surface area contributed by atoms with Gasteiger partial charge in [0.25, 0.3) is 5.91 Å². The van der Waals surface area contributed by atoms with Gasteiger partial charge in [0.1, 0.15) is 22.7 Å². The molecule has 0 bridgehead atoms. The molecule has 2 aromatic heterocycles. The van der Waals surface area contributed by atoms with E-state index in [4.69, 9.17) is 11.6 Å². The molecule has 172 valence electrons. The van der Waals surface area contributed by atoms with Crippen molar-refractivity contribution in [1.29, 1.82) is 0 Å². The van der Waals surface area contributed by atoms with Crippen molar-refractivity contribution < 1.29 is 14.0 Å². The molecule has 0 unspecified atom stereocenters. The Kier molecular flexibility index (Phi) is 5.71. The van der Waals surface area contributed by atoms with Gasteiger partial charge in [-0.15, -0.1) is 11.3 Å². The molecular weight excluding hydrogens is 475 g/mol. The van der Waals surface area contributed by atoms with Crippen LogP contribution in [0.5, 0.6) is 0 Å². The second-order valence-corrected chi connectivity index (χ2v) is 9.63. The monoisotopic (exact) mass is 494 g/mol. The van der Waals surface area contributed by atoms with Crippen LogP contribution in [0, 0.1) is 5.82 Å². The van der Waals surface area contributed by atoms with Crippen LogP contribution in [-0.2, 0) is 17.9 Å². The number of hydrogen-bond acceptors (Lipinski definition) is 4. The Labute approximate surface area is 204 Å². The summed E-state index contributed by atoms with van der Waals surface area (Å²) in [7, 11) is 0. The van der Waals surface area contributed by atoms with Gasteiger partial charge in [-0.25, -0.2) is 4.39 Å². The van der Waals surface area contributed by atoms with Gasteiger partial charge in [0.15, 0.2) is 0 Å². The minimum absolute atomic E-state index is 0.142. The molecule has 0 aliphatic carbocycles. The van der Waals surface area contributed by atoms with Gasteiger partial charge in [-0.2, -0.15) is 5.10 Å². The first kappa shape index (κ1) is 22.3. The SMILES string of the molecule is C[C@@]1(C(=O)NCc2ccc(Cl)cc2)Cn2nc(-c3cccs3)cc2C(=O)N1c1ccc(F)cc1. The number of thiophene rings is 1. The van der Waals surface area contributed by atoms with E-state index in [0.29, 0.717) is 22.1 Å². The number of rotatable bonds is 5. The standard InChI is InChI=1S/C25H20ClFN4O2S/c1-25(24(33)28-14-16-4-6-17(26)7-5-16)15-30-21(13-20(29-30)22-3-2-12-34-22)23(32)31(25)19-10-8-18(27)9-11-19/h2-13H,14-15H2,1H3,(H,28,33)/t25-/m0/s1. The summed E-state index contributed by atoms with van der Waals surface area (Å²) in [5.41, 5.74) is 1.05. The van der Waals surface area contributed by atoms with E-state index in [1.54, 1.807) is 29.8 Å². The van der Waals surface area contributed by atoms with Crippen molar-refractivity contribution in [2.24, 2.45) is 0 Å². The van der Waals surface area contributed by atoms with Crippen LogP contribution in [-0.4, -0.2) is 27.1 Å². The molecule has 1 aliphatic heterocycles. The third-order valence-electron chi connectivity index (χ3n) is 5.87. The number of nitrogens with zero attached hydrogens (tertiary/aromatic N) is 3. The molecule has 0 spiro atoms. The number of hydrogen-bond donors (Lipinski definition) is 1. The van der Waals surface area contributed by atoms with Gasteiger partial charge >= 0.3 is 0 Å². The van der Waals surface area contributed by atoms with Crippen molar-refractivity contribution in [3.63, 3.8) is 0 Å². The molecule has 0 radical (unpaired) electrons. The van der Waals surface area contributed by atoms with Crippen LogP contribution in [0.3, 0.4) is 0 Å². The number of carbonyl (C=O) groups is 2. The van der Waals surface area contributed by atoms with Gasteiger partial charge in [0.2, 0.25) is 5.91 Å². The molecule has 6 nitrogen and oxygen atoms in total. The first-order chi connectivity index (χ1) is 16.3. The number of aromatic nitrogens is 2. The van der Waals surface area contributed by atoms with Crippen molar-refractivity contribution in [3.8, 4) is 10.6 Å². The Morgan fingerprint density at radius 1 is 1.18 bits per heavy atom. The maximum Gasteiger partial charge on any atom is 0.277 e. The van der Waals surface area contributed by atoms with E-state index in [9.17, 15) is 14.0 Å². The normalized spacial score (nSPS) is 17.5. The molecule has 9 heteroatoms. The van der Waals surface area contributed by atoms with Crippen molar-refractivity contribution in [2.45, 2.75) is 25.6 Å². The number of anilines is 1. The maximum absolute atomic E-state index is 13.7.